The van der Waals surface area contributed by atoms with E-state index in [0.29, 0.717) is 17.0 Å². The second kappa shape index (κ2) is 9.01. The summed E-state index contributed by atoms with van der Waals surface area (Å²) < 4.78 is 24.0. The van der Waals surface area contributed by atoms with Crippen LogP contribution < -0.4 is 10.1 Å². The van der Waals surface area contributed by atoms with Gasteiger partial charge in [0.25, 0.3) is 11.1 Å². The summed E-state index contributed by atoms with van der Waals surface area (Å²) in [6, 6.07) is 14.2. The average Bonchev–Trinajstić information content (AvgIpc) is 3.17. The van der Waals surface area contributed by atoms with Gasteiger partial charge < -0.3 is 14.5 Å². The Morgan fingerprint density at radius 1 is 1.32 bits per heavy atom. The van der Waals surface area contributed by atoms with Crippen LogP contribution in [0.15, 0.2) is 58.2 Å². The van der Waals surface area contributed by atoms with Gasteiger partial charge in [0.2, 0.25) is 5.91 Å². The number of benzene rings is 2. The molecule has 0 fully saturated rings. The molecule has 0 bridgehead atoms. The lowest BCUT2D eigenvalue weighted by atomic mass is 10.2. The van der Waals surface area contributed by atoms with Gasteiger partial charge in [-0.2, -0.15) is 5.26 Å². The molecule has 28 heavy (non-hydrogen) atoms. The summed E-state index contributed by atoms with van der Waals surface area (Å²) in [6.07, 6.45) is -0.533. The molecule has 1 atom stereocenters. The number of thioether (sulfide) groups is 1. The van der Waals surface area contributed by atoms with Crippen LogP contribution in [-0.2, 0) is 4.79 Å². The number of carbonyl (C=O) groups excluding carboxylic acids is 1. The highest BCUT2D eigenvalue weighted by Gasteiger charge is 2.17. The Hall–Kier alpha value is -3.38. The Labute approximate surface area is 164 Å². The molecular weight excluding hydrogens is 383 g/mol. The van der Waals surface area contributed by atoms with Crippen molar-refractivity contribution >= 4 is 23.4 Å². The number of halogens is 1. The van der Waals surface area contributed by atoms with Crippen LogP contribution in [0.1, 0.15) is 24.5 Å². The first kappa shape index (κ1) is 19.4. The van der Waals surface area contributed by atoms with E-state index in [9.17, 15) is 9.18 Å². The zero-order chi connectivity index (χ0) is 19.9. The van der Waals surface area contributed by atoms with E-state index in [0.717, 1.165) is 11.8 Å². The predicted molar refractivity (Wildman–Crippen MR) is 100 cm³/mol. The first-order valence-electron chi connectivity index (χ1n) is 8.22. The van der Waals surface area contributed by atoms with E-state index in [1.165, 1.54) is 24.3 Å². The molecule has 7 nitrogen and oxygen atoms in total. The lowest BCUT2D eigenvalue weighted by Crippen LogP contribution is -2.14. The van der Waals surface area contributed by atoms with Crippen LogP contribution >= 0.6 is 11.8 Å². The third-order valence-electron chi connectivity index (χ3n) is 3.50. The van der Waals surface area contributed by atoms with E-state index in [2.05, 4.69) is 15.5 Å². The summed E-state index contributed by atoms with van der Waals surface area (Å²) in [5.41, 5.74) is 0.999. The number of nitrogens with one attached hydrogen (secondary N) is 1. The zero-order valence-electron chi connectivity index (χ0n) is 14.8. The number of aromatic nitrogens is 2. The van der Waals surface area contributed by atoms with Crippen LogP contribution in [0.2, 0.25) is 0 Å². The Morgan fingerprint density at radius 3 is 2.86 bits per heavy atom. The van der Waals surface area contributed by atoms with Gasteiger partial charge >= 0.3 is 0 Å². The number of hydrogen-bond acceptors (Lipinski definition) is 7. The third-order valence-corrected chi connectivity index (χ3v) is 4.32. The zero-order valence-corrected chi connectivity index (χ0v) is 15.6. The Morgan fingerprint density at radius 2 is 2.11 bits per heavy atom. The van der Waals surface area contributed by atoms with Crippen LogP contribution in [0, 0.1) is 17.1 Å². The number of anilines is 1. The minimum absolute atomic E-state index is 0.0611. The van der Waals surface area contributed by atoms with Crippen molar-refractivity contribution in [2.45, 2.75) is 18.3 Å². The Balaban J connectivity index is 1.51. The van der Waals surface area contributed by atoms with Gasteiger partial charge in [-0.25, -0.2) is 4.39 Å². The molecule has 0 aliphatic carbocycles. The van der Waals surface area contributed by atoms with Crippen LogP contribution in [-0.4, -0.2) is 21.9 Å². The predicted octanol–water partition coefficient (Wildman–Crippen LogP) is 3.95. The molecule has 1 N–H and O–H groups in total. The van der Waals surface area contributed by atoms with Crippen molar-refractivity contribution in [2.24, 2.45) is 0 Å². The molecule has 0 unspecified atom stereocenters. The molecule has 0 aliphatic rings. The lowest BCUT2D eigenvalue weighted by molar-refractivity contribution is -0.113. The largest absolute Gasteiger partial charge is 0.481 e. The number of nitriles is 1. The molecule has 0 aliphatic heterocycles. The van der Waals surface area contributed by atoms with Crippen LogP contribution in [0.3, 0.4) is 0 Å². The summed E-state index contributed by atoms with van der Waals surface area (Å²) in [6.45, 7) is 1.72. The summed E-state index contributed by atoms with van der Waals surface area (Å²) in [4.78, 5) is 12.0. The second-order valence-corrected chi connectivity index (χ2v) is 6.58. The summed E-state index contributed by atoms with van der Waals surface area (Å²) >= 11 is 1.08. The molecule has 142 valence electrons. The normalized spacial score (nSPS) is 11.5. The monoisotopic (exact) mass is 398 g/mol. The van der Waals surface area contributed by atoms with E-state index in [4.69, 9.17) is 14.4 Å². The fourth-order valence-corrected chi connectivity index (χ4v) is 2.77. The fraction of sp³-hybridized carbons (Fsp3) is 0.158. The van der Waals surface area contributed by atoms with E-state index >= 15 is 0 Å². The Kier molecular flexibility index (Phi) is 6.24. The van der Waals surface area contributed by atoms with Gasteiger partial charge in [-0.15, -0.1) is 10.2 Å². The highest BCUT2D eigenvalue weighted by molar-refractivity contribution is 7.99. The summed E-state index contributed by atoms with van der Waals surface area (Å²) in [5, 5.41) is 19.6. The molecule has 2 aromatic carbocycles. The molecule has 1 heterocycles. The number of hydrogen-bond donors (Lipinski definition) is 1. The maximum atomic E-state index is 12.9. The van der Waals surface area contributed by atoms with E-state index in [-0.39, 0.29) is 28.6 Å². The fourth-order valence-electron chi connectivity index (χ4n) is 2.20. The molecule has 1 aromatic heterocycles. The quantitative estimate of drug-likeness (QED) is 0.601. The molecule has 0 saturated heterocycles. The number of nitrogens with zero attached hydrogens (tertiary/aromatic N) is 3. The minimum Gasteiger partial charge on any atom is -0.481 e. The van der Waals surface area contributed by atoms with Crippen LogP contribution in [0.25, 0.3) is 0 Å². The summed E-state index contributed by atoms with van der Waals surface area (Å²) in [7, 11) is 0. The topological polar surface area (TPSA) is 101 Å². The van der Waals surface area contributed by atoms with Gasteiger partial charge in [0.1, 0.15) is 11.6 Å². The maximum Gasteiger partial charge on any atom is 0.277 e. The number of rotatable bonds is 7. The van der Waals surface area contributed by atoms with Crippen molar-refractivity contribution in [1.82, 2.24) is 10.2 Å². The van der Waals surface area contributed by atoms with Gasteiger partial charge in [0, 0.05) is 5.69 Å². The molecular formula is C19H15FN4O3S. The second-order valence-electron chi connectivity index (χ2n) is 5.65. The third kappa shape index (κ3) is 5.31. The molecule has 1 amide bonds. The van der Waals surface area contributed by atoms with Gasteiger partial charge in [0.15, 0.2) is 6.10 Å². The van der Waals surface area contributed by atoms with E-state index in [1.807, 2.05) is 6.07 Å². The van der Waals surface area contributed by atoms with Crippen molar-refractivity contribution in [3.05, 3.63) is 65.8 Å². The van der Waals surface area contributed by atoms with Gasteiger partial charge in [-0.05, 0) is 49.4 Å². The van der Waals surface area contributed by atoms with Crippen LogP contribution in [0.5, 0.6) is 5.75 Å². The van der Waals surface area contributed by atoms with Gasteiger partial charge in [-0.1, -0.05) is 17.8 Å². The first-order valence-corrected chi connectivity index (χ1v) is 9.20. The molecule has 3 aromatic rings. The molecule has 3 rings (SSSR count). The van der Waals surface area contributed by atoms with Crippen molar-refractivity contribution in [1.29, 1.82) is 5.26 Å². The average molecular weight is 398 g/mol. The van der Waals surface area contributed by atoms with E-state index in [1.54, 1.807) is 31.2 Å². The number of carbonyl (C=O) groups is 1. The molecule has 9 heteroatoms. The maximum absolute atomic E-state index is 12.9. The highest BCUT2D eigenvalue weighted by Crippen LogP contribution is 2.24. The minimum atomic E-state index is -0.533. The molecule has 0 radical (unpaired) electrons. The Bertz CT molecular complexity index is 1000. The number of amides is 1. The smallest absolute Gasteiger partial charge is 0.277 e. The number of ether oxygens (including phenoxy) is 1. The molecule has 0 saturated carbocycles. The van der Waals surface area contributed by atoms with E-state index < -0.39 is 6.10 Å². The van der Waals surface area contributed by atoms with Crippen molar-refractivity contribution < 1.29 is 18.3 Å². The SMILES string of the molecule is C[C@H](Oc1ccc(F)cc1)c1nnc(SCC(=O)Nc2cccc(C#N)c2)o1. The van der Waals surface area contributed by atoms with Gasteiger partial charge in [-0.3, -0.25) is 4.79 Å². The highest BCUT2D eigenvalue weighted by atomic mass is 32.2. The van der Waals surface area contributed by atoms with Crippen molar-refractivity contribution in [3.63, 3.8) is 0 Å². The molecule has 0 spiro atoms. The standard InChI is InChI=1S/C19H15FN4O3S/c1-12(26-16-7-5-14(20)6-8-16)18-23-24-19(27-18)28-11-17(25)22-15-4-2-3-13(9-15)10-21/h2-9,12H,11H2,1H3,(H,22,25)/t12-/m0/s1. The van der Waals surface area contributed by atoms with Crippen molar-refractivity contribution in [3.8, 4) is 11.8 Å². The lowest BCUT2D eigenvalue weighted by Gasteiger charge is -2.10. The summed E-state index contributed by atoms with van der Waals surface area (Å²) in [5.74, 6) is 0.157. The first-order chi connectivity index (χ1) is 13.5. The van der Waals surface area contributed by atoms with Crippen LogP contribution in [0.4, 0.5) is 10.1 Å². The van der Waals surface area contributed by atoms with Crippen molar-refractivity contribution in [2.75, 3.05) is 11.1 Å². The van der Waals surface area contributed by atoms with Gasteiger partial charge in [0.05, 0.1) is 17.4 Å².